The van der Waals surface area contributed by atoms with Crippen molar-refractivity contribution < 1.29 is 4.39 Å². The van der Waals surface area contributed by atoms with Crippen molar-refractivity contribution in [3.05, 3.63) is 35.6 Å². The van der Waals surface area contributed by atoms with Crippen LogP contribution in [0.25, 0.3) is 0 Å². The molecule has 0 aromatic heterocycles. The van der Waals surface area contributed by atoms with Crippen molar-refractivity contribution in [2.75, 3.05) is 6.54 Å². The predicted molar refractivity (Wildman–Crippen MR) is 73.9 cm³/mol. The van der Waals surface area contributed by atoms with E-state index in [1.165, 1.54) is 31.2 Å². The molecule has 0 spiro atoms. The highest BCUT2D eigenvalue weighted by molar-refractivity contribution is 5.20. The number of hydrogen-bond donors (Lipinski definition) is 1. The lowest BCUT2D eigenvalue weighted by atomic mass is 9.95. The van der Waals surface area contributed by atoms with E-state index in [1.54, 1.807) is 12.1 Å². The maximum atomic E-state index is 13.0. The fourth-order valence-electron chi connectivity index (χ4n) is 2.92. The lowest BCUT2D eigenvalue weighted by Crippen LogP contribution is -2.29. The number of hydrogen-bond acceptors (Lipinski definition) is 1. The maximum Gasteiger partial charge on any atom is 0.123 e. The molecule has 1 fully saturated rings. The van der Waals surface area contributed by atoms with Gasteiger partial charge in [0.1, 0.15) is 5.82 Å². The van der Waals surface area contributed by atoms with E-state index in [0.29, 0.717) is 12.0 Å². The molecule has 0 bridgehead atoms. The van der Waals surface area contributed by atoms with Crippen LogP contribution in [-0.4, -0.2) is 6.54 Å². The molecular formula is C16H24FN. The molecule has 1 aliphatic rings. The van der Waals surface area contributed by atoms with Gasteiger partial charge in [-0.3, -0.25) is 0 Å². The summed E-state index contributed by atoms with van der Waals surface area (Å²) in [7, 11) is 0. The van der Waals surface area contributed by atoms with Crippen LogP contribution >= 0.6 is 0 Å². The van der Waals surface area contributed by atoms with Crippen molar-refractivity contribution in [2.45, 2.75) is 45.6 Å². The van der Waals surface area contributed by atoms with E-state index in [9.17, 15) is 4.39 Å². The first-order valence-electron chi connectivity index (χ1n) is 7.15. The smallest absolute Gasteiger partial charge is 0.123 e. The van der Waals surface area contributed by atoms with Gasteiger partial charge in [-0.15, -0.1) is 0 Å². The third-order valence-corrected chi connectivity index (χ3v) is 4.00. The molecule has 1 aliphatic carbocycles. The monoisotopic (exact) mass is 249 g/mol. The molecule has 18 heavy (non-hydrogen) atoms. The quantitative estimate of drug-likeness (QED) is 0.820. The summed E-state index contributed by atoms with van der Waals surface area (Å²) in [5, 5.41) is 3.67. The molecule has 0 radical (unpaired) electrons. The van der Waals surface area contributed by atoms with Crippen LogP contribution in [0.1, 0.15) is 51.1 Å². The van der Waals surface area contributed by atoms with E-state index in [0.717, 1.165) is 12.5 Å². The minimum Gasteiger partial charge on any atom is -0.309 e. The van der Waals surface area contributed by atoms with Gasteiger partial charge in [-0.25, -0.2) is 4.39 Å². The SMILES string of the molecule is CC(C)C(NCC1CCCC1)c1ccc(F)cc1. The normalized spacial score (nSPS) is 18.4. The van der Waals surface area contributed by atoms with Gasteiger partial charge >= 0.3 is 0 Å². The Labute approximate surface area is 110 Å². The van der Waals surface area contributed by atoms with E-state index < -0.39 is 0 Å². The molecule has 0 amide bonds. The first-order valence-corrected chi connectivity index (χ1v) is 7.15. The molecule has 1 saturated carbocycles. The van der Waals surface area contributed by atoms with Crippen LogP contribution in [0.3, 0.4) is 0 Å². The van der Waals surface area contributed by atoms with Gasteiger partial charge in [-0.05, 0) is 48.9 Å². The summed E-state index contributed by atoms with van der Waals surface area (Å²) >= 11 is 0. The average Bonchev–Trinajstić information content (AvgIpc) is 2.84. The van der Waals surface area contributed by atoms with Crippen LogP contribution in [-0.2, 0) is 0 Å². The van der Waals surface area contributed by atoms with Crippen LogP contribution in [0.2, 0.25) is 0 Å². The van der Waals surface area contributed by atoms with Gasteiger partial charge in [0, 0.05) is 6.04 Å². The summed E-state index contributed by atoms with van der Waals surface area (Å²) in [5.41, 5.74) is 1.20. The van der Waals surface area contributed by atoms with Crippen molar-refractivity contribution in [2.24, 2.45) is 11.8 Å². The van der Waals surface area contributed by atoms with E-state index in [1.807, 2.05) is 12.1 Å². The molecular weight excluding hydrogens is 225 g/mol. The molecule has 1 N–H and O–H groups in total. The summed E-state index contributed by atoms with van der Waals surface area (Å²) in [6, 6.07) is 7.26. The summed E-state index contributed by atoms with van der Waals surface area (Å²) in [4.78, 5) is 0. The molecule has 1 nitrogen and oxygen atoms in total. The molecule has 100 valence electrons. The standard InChI is InChI=1S/C16H24FN/c1-12(2)16(14-7-9-15(17)10-8-14)18-11-13-5-3-4-6-13/h7-10,12-13,16,18H,3-6,11H2,1-2H3. The van der Waals surface area contributed by atoms with Crippen molar-refractivity contribution in [1.29, 1.82) is 0 Å². The Kier molecular flexibility index (Phi) is 4.76. The van der Waals surface area contributed by atoms with Crippen molar-refractivity contribution in [1.82, 2.24) is 5.32 Å². The number of nitrogens with one attached hydrogen (secondary N) is 1. The van der Waals surface area contributed by atoms with Crippen LogP contribution < -0.4 is 5.32 Å². The fourth-order valence-corrected chi connectivity index (χ4v) is 2.92. The first-order chi connectivity index (χ1) is 8.66. The zero-order valence-electron chi connectivity index (χ0n) is 11.5. The fraction of sp³-hybridized carbons (Fsp3) is 0.625. The van der Waals surface area contributed by atoms with E-state index in [2.05, 4.69) is 19.2 Å². The Morgan fingerprint density at radius 2 is 1.78 bits per heavy atom. The van der Waals surface area contributed by atoms with Crippen LogP contribution in [0.5, 0.6) is 0 Å². The third kappa shape index (κ3) is 3.55. The zero-order valence-corrected chi connectivity index (χ0v) is 11.5. The van der Waals surface area contributed by atoms with Crippen molar-refractivity contribution in [3.63, 3.8) is 0 Å². The van der Waals surface area contributed by atoms with Crippen LogP contribution in [0.15, 0.2) is 24.3 Å². The van der Waals surface area contributed by atoms with Crippen molar-refractivity contribution >= 4 is 0 Å². The minimum absolute atomic E-state index is 0.156. The van der Waals surface area contributed by atoms with Gasteiger partial charge in [0.2, 0.25) is 0 Å². The molecule has 0 aliphatic heterocycles. The molecule has 1 aromatic carbocycles. The Balaban J connectivity index is 1.96. The van der Waals surface area contributed by atoms with Gasteiger partial charge in [0.25, 0.3) is 0 Å². The number of rotatable bonds is 5. The summed E-state index contributed by atoms with van der Waals surface area (Å²) < 4.78 is 13.0. The highest BCUT2D eigenvalue weighted by atomic mass is 19.1. The first kappa shape index (κ1) is 13.5. The van der Waals surface area contributed by atoms with Crippen molar-refractivity contribution in [3.8, 4) is 0 Å². The summed E-state index contributed by atoms with van der Waals surface area (Å²) in [6.45, 7) is 5.53. The Bertz CT molecular complexity index is 352. The van der Waals surface area contributed by atoms with Gasteiger partial charge in [0.05, 0.1) is 0 Å². The zero-order chi connectivity index (χ0) is 13.0. The minimum atomic E-state index is -0.156. The van der Waals surface area contributed by atoms with Gasteiger partial charge in [-0.1, -0.05) is 38.8 Å². The highest BCUT2D eigenvalue weighted by Gasteiger charge is 2.19. The highest BCUT2D eigenvalue weighted by Crippen LogP contribution is 2.27. The second kappa shape index (κ2) is 6.33. The molecule has 1 atom stereocenters. The molecule has 2 rings (SSSR count). The van der Waals surface area contributed by atoms with Gasteiger partial charge < -0.3 is 5.32 Å². The molecule has 0 saturated heterocycles. The van der Waals surface area contributed by atoms with E-state index in [-0.39, 0.29) is 5.82 Å². The Hall–Kier alpha value is -0.890. The van der Waals surface area contributed by atoms with Crippen LogP contribution in [0, 0.1) is 17.7 Å². The van der Waals surface area contributed by atoms with Gasteiger partial charge in [0.15, 0.2) is 0 Å². The van der Waals surface area contributed by atoms with Gasteiger partial charge in [-0.2, -0.15) is 0 Å². The van der Waals surface area contributed by atoms with E-state index in [4.69, 9.17) is 0 Å². The maximum absolute atomic E-state index is 13.0. The lowest BCUT2D eigenvalue weighted by Gasteiger charge is -2.24. The number of benzene rings is 1. The molecule has 1 aromatic rings. The number of halogens is 1. The summed E-state index contributed by atoms with van der Waals surface area (Å²) in [5.74, 6) is 1.21. The Morgan fingerprint density at radius 1 is 1.17 bits per heavy atom. The molecule has 2 heteroatoms. The Morgan fingerprint density at radius 3 is 2.33 bits per heavy atom. The van der Waals surface area contributed by atoms with Crippen LogP contribution in [0.4, 0.5) is 4.39 Å². The average molecular weight is 249 g/mol. The topological polar surface area (TPSA) is 12.0 Å². The molecule has 1 unspecified atom stereocenters. The second-order valence-corrected chi connectivity index (χ2v) is 5.83. The van der Waals surface area contributed by atoms with E-state index >= 15 is 0 Å². The lowest BCUT2D eigenvalue weighted by molar-refractivity contribution is 0.371. The second-order valence-electron chi connectivity index (χ2n) is 5.83. The third-order valence-electron chi connectivity index (χ3n) is 4.00. The summed E-state index contributed by atoms with van der Waals surface area (Å²) in [6.07, 6.45) is 5.49. The largest absolute Gasteiger partial charge is 0.309 e. The predicted octanol–water partition coefficient (Wildman–Crippen LogP) is 4.30. The molecule has 0 heterocycles.